The van der Waals surface area contributed by atoms with Gasteiger partial charge in [-0.15, -0.1) is 0 Å². The van der Waals surface area contributed by atoms with Gasteiger partial charge in [0.15, 0.2) is 0 Å². The molecule has 0 amide bonds. The van der Waals surface area contributed by atoms with Crippen molar-refractivity contribution < 1.29 is 14.3 Å². The van der Waals surface area contributed by atoms with Gasteiger partial charge in [-0.05, 0) is 26.7 Å². The van der Waals surface area contributed by atoms with Crippen molar-refractivity contribution in [3.8, 4) is 5.88 Å². The van der Waals surface area contributed by atoms with Crippen LogP contribution in [0.25, 0.3) is 0 Å². The Hall–Kier alpha value is -1.85. The van der Waals surface area contributed by atoms with Crippen molar-refractivity contribution in [2.45, 2.75) is 45.6 Å². The molecular weight excluding hydrogens is 258 g/mol. The minimum Gasteiger partial charge on any atom is -0.475 e. The fraction of sp³-hybridized carbons (Fsp3) is 0.643. The van der Waals surface area contributed by atoms with E-state index in [1.54, 1.807) is 6.07 Å². The van der Waals surface area contributed by atoms with Gasteiger partial charge in [0.2, 0.25) is 5.88 Å². The summed E-state index contributed by atoms with van der Waals surface area (Å²) in [6.07, 6.45) is 4.85. The Kier molecular flexibility index (Phi) is 7.39. The Balaban J connectivity index is 2.20. The lowest BCUT2D eigenvalue weighted by Gasteiger charge is -2.10. The minimum atomic E-state index is -0.149. The van der Waals surface area contributed by atoms with E-state index in [9.17, 15) is 4.79 Å². The summed E-state index contributed by atoms with van der Waals surface area (Å²) >= 11 is 0. The molecule has 6 nitrogen and oxygen atoms in total. The molecule has 0 atom stereocenters. The van der Waals surface area contributed by atoms with E-state index in [2.05, 4.69) is 20.0 Å². The first kappa shape index (κ1) is 16.2. The van der Waals surface area contributed by atoms with Crippen LogP contribution in [0, 0.1) is 0 Å². The Morgan fingerprint density at radius 2 is 2.10 bits per heavy atom. The zero-order chi connectivity index (χ0) is 14.8. The average Bonchev–Trinajstić information content (AvgIpc) is 2.42. The molecule has 0 unspecified atom stereocenters. The first-order valence-corrected chi connectivity index (χ1v) is 6.91. The number of esters is 1. The van der Waals surface area contributed by atoms with Crippen molar-refractivity contribution in [1.82, 2.24) is 9.97 Å². The Morgan fingerprint density at radius 3 is 2.80 bits per heavy atom. The molecule has 0 saturated heterocycles. The largest absolute Gasteiger partial charge is 0.475 e. The van der Waals surface area contributed by atoms with Crippen LogP contribution in [0.1, 0.15) is 39.5 Å². The molecule has 0 aliphatic heterocycles. The smallest absolute Gasteiger partial charge is 0.305 e. The molecule has 0 radical (unpaired) electrons. The maximum absolute atomic E-state index is 10.9. The molecule has 0 fully saturated rings. The summed E-state index contributed by atoms with van der Waals surface area (Å²) in [5.74, 6) is 1.18. The fourth-order valence-corrected chi connectivity index (χ4v) is 1.63. The number of anilines is 1. The van der Waals surface area contributed by atoms with E-state index in [1.165, 1.54) is 13.4 Å². The van der Waals surface area contributed by atoms with Crippen molar-refractivity contribution in [1.29, 1.82) is 0 Å². The van der Waals surface area contributed by atoms with Crippen LogP contribution in [0.3, 0.4) is 0 Å². The van der Waals surface area contributed by atoms with Gasteiger partial charge in [-0.3, -0.25) is 4.79 Å². The van der Waals surface area contributed by atoms with Crippen LogP contribution in [0.15, 0.2) is 12.4 Å². The standard InChI is InChI=1S/C14H23N3O3/c1-11(2)20-13-9-12(16-10-17-13)15-8-6-4-5-7-14(18)19-3/h9-11H,4-8H2,1-3H3,(H,15,16,17). The molecule has 1 aromatic heterocycles. The predicted octanol–water partition coefficient (Wildman–Crippen LogP) is 2.41. The minimum absolute atomic E-state index is 0.0936. The number of carbonyl (C=O) groups excluding carboxylic acids is 1. The number of methoxy groups -OCH3 is 1. The van der Waals surface area contributed by atoms with Crippen molar-refractivity contribution in [2.24, 2.45) is 0 Å². The van der Waals surface area contributed by atoms with E-state index in [-0.39, 0.29) is 12.1 Å². The van der Waals surface area contributed by atoms with Crippen molar-refractivity contribution in [2.75, 3.05) is 19.0 Å². The summed E-state index contributed by atoms with van der Waals surface area (Å²) in [5, 5.41) is 3.21. The number of unbranched alkanes of at least 4 members (excludes halogenated alkanes) is 2. The zero-order valence-electron chi connectivity index (χ0n) is 12.4. The van der Waals surface area contributed by atoms with E-state index in [1.807, 2.05) is 13.8 Å². The molecule has 1 aromatic rings. The Labute approximate surface area is 119 Å². The number of carbonyl (C=O) groups is 1. The molecule has 1 rings (SSSR count). The van der Waals surface area contributed by atoms with Gasteiger partial charge in [0.25, 0.3) is 0 Å². The third kappa shape index (κ3) is 6.92. The summed E-state index contributed by atoms with van der Waals surface area (Å²) in [5.41, 5.74) is 0. The van der Waals surface area contributed by atoms with Gasteiger partial charge in [-0.25, -0.2) is 9.97 Å². The SMILES string of the molecule is COC(=O)CCCCCNc1cc(OC(C)C)ncn1. The second kappa shape index (κ2) is 9.12. The summed E-state index contributed by atoms with van der Waals surface area (Å²) in [7, 11) is 1.41. The maximum atomic E-state index is 10.9. The van der Waals surface area contributed by atoms with Crippen LogP contribution >= 0.6 is 0 Å². The van der Waals surface area contributed by atoms with Gasteiger partial charge >= 0.3 is 5.97 Å². The van der Waals surface area contributed by atoms with E-state index >= 15 is 0 Å². The van der Waals surface area contributed by atoms with E-state index in [0.29, 0.717) is 12.3 Å². The normalized spacial score (nSPS) is 10.4. The third-order valence-electron chi connectivity index (χ3n) is 2.59. The molecule has 6 heteroatoms. The third-order valence-corrected chi connectivity index (χ3v) is 2.59. The van der Waals surface area contributed by atoms with Gasteiger partial charge < -0.3 is 14.8 Å². The molecular formula is C14H23N3O3. The zero-order valence-corrected chi connectivity index (χ0v) is 12.4. The lowest BCUT2D eigenvalue weighted by Crippen LogP contribution is -2.09. The predicted molar refractivity (Wildman–Crippen MR) is 76.8 cm³/mol. The number of rotatable bonds is 9. The van der Waals surface area contributed by atoms with Crippen LogP contribution in [0.5, 0.6) is 5.88 Å². The van der Waals surface area contributed by atoms with Crippen molar-refractivity contribution >= 4 is 11.8 Å². The van der Waals surface area contributed by atoms with Crippen molar-refractivity contribution in [3.63, 3.8) is 0 Å². The van der Waals surface area contributed by atoms with Crippen LogP contribution in [-0.2, 0) is 9.53 Å². The Morgan fingerprint density at radius 1 is 1.30 bits per heavy atom. The number of nitrogens with one attached hydrogen (secondary N) is 1. The average molecular weight is 281 g/mol. The number of aromatic nitrogens is 2. The summed E-state index contributed by atoms with van der Waals surface area (Å²) in [4.78, 5) is 19.1. The molecule has 0 aliphatic rings. The number of hydrogen-bond donors (Lipinski definition) is 1. The quantitative estimate of drug-likeness (QED) is 0.553. The van der Waals surface area contributed by atoms with E-state index in [4.69, 9.17) is 4.74 Å². The summed E-state index contributed by atoms with van der Waals surface area (Å²) in [6.45, 7) is 4.71. The monoisotopic (exact) mass is 281 g/mol. The molecule has 1 N–H and O–H groups in total. The molecule has 0 spiro atoms. The van der Waals surface area contributed by atoms with Gasteiger partial charge in [-0.1, -0.05) is 6.42 Å². The highest BCUT2D eigenvalue weighted by Gasteiger charge is 2.02. The van der Waals surface area contributed by atoms with Gasteiger partial charge in [0.05, 0.1) is 13.2 Å². The topological polar surface area (TPSA) is 73.3 Å². The molecule has 0 aromatic carbocycles. The van der Waals surface area contributed by atoms with Crippen LogP contribution in [0.2, 0.25) is 0 Å². The molecule has 0 bridgehead atoms. The highest BCUT2D eigenvalue weighted by Crippen LogP contribution is 2.12. The highest BCUT2D eigenvalue weighted by molar-refractivity contribution is 5.68. The van der Waals surface area contributed by atoms with Crippen molar-refractivity contribution in [3.05, 3.63) is 12.4 Å². The lowest BCUT2D eigenvalue weighted by molar-refractivity contribution is -0.140. The first-order chi connectivity index (χ1) is 9.61. The number of nitrogens with zero attached hydrogens (tertiary/aromatic N) is 2. The van der Waals surface area contributed by atoms with Gasteiger partial charge in [-0.2, -0.15) is 0 Å². The fourth-order valence-electron chi connectivity index (χ4n) is 1.63. The lowest BCUT2D eigenvalue weighted by atomic mass is 10.2. The molecule has 1 heterocycles. The van der Waals surface area contributed by atoms with Crippen LogP contribution < -0.4 is 10.1 Å². The number of hydrogen-bond acceptors (Lipinski definition) is 6. The second-order valence-electron chi connectivity index (χ2n) is 4.72. The Bertz CT molecular complexity index is 410. The van der Waals surface area contributed by atoms with Gasteiger partial charge in [0, 0.05) is 19.0 Å². The van der Waals surface area contributed by atoms with E-state index in [0.717, 1.165) is 31.6 Å². The maximum Gasteiger partial charge on any atom is 0.305 e. The second-order valence-corrected chi connectivity index (χ2v) is 4.72. The van der Waals surface area contributed by atoms with E-state index < -0.39 is 0 Å². The number of ether oxygens (including phenoxy) is 2. The molecule has 112 valence electrons. The first-order valence-electron chi connectivity index (χ1n) is 6.91. The highest BCUT2D eigenvalue weighted by atomic mass is 16.5. The summed E-state index contributed by atoms with van der Waals surface area (Å²) < 4.78 is 10.1. The molecule has 20 heavy (non-hydrogen) atoms. The summed E-state index contributed by atoms with van der Waals surface area (Å²) in [6, 6.07) is 1.79. The van der Waals surface area contributed by atoms with Crippen LogP contribution in [0.4, 0.5) is 5.82 Å². The molecule has 0 aliphatic carbocycles. The molecule has 0 saturated carbocycles. The van der Waals surface area contributed by atoms with Gasteiger partial charge in [0.1, 0.15) is 12.1 Å². The van der Waals surface area contributed by atoms with Crippen LogP contribution in [-0.4, -0.2) is 35.7 Å².